The third-order valence-electron chi connectivity index (χ3n) is 5.93. The Bertz CT molecular complexity index is 1250. The molecule has 0 fully saturated rings. The van der Waals surface area contributed by atoms with Crippen molar-refractivity contribution < 1.29 is 9.18 Å². The molecule has 0 saturated heterocycles. The van der Waals surface area contributed by atoms with E-state index >= 15 is 4.39 Å². The predicted octanol–water partition coefficient (Wildman–Crippen LogP) is 7.03. The first-order valence-electron chi connectivity index (χ1n) is 10.7. The number of nitrogens with zero attached hydrogens (tertiary/aromatic N) is 1. The minimum absolute atomic E-state index is 0.389. The Morgan fingerprint density at radius 2 is 1.28 bits per heavy atom. The number of fused-ring (bicyclic) bond motifs is 1. The predicted molar refractivity (Wildman–Crippen MR) is 127 cm³/mol. The van der Waals surface area contributed by atoms with Crippen molar-refractivity contribution in [1.29, 1.82) is 0 Å². The maximum Gasteiger partial charge on any atom is 0.274 e. The molecule has 4 aromatic carbocycles. The molecular formula is C29H22FNO. The highest BCUT2D eigenvalue weighted by Crippen LogP contribution is 2.53. The van der Waals surface area contributed by atoms with Gasteiger partial charge in [0.25, 0.3) is 5.91 Å². The van der Waals surface area contributed by atoms with Gasteiger partial charge in [-0.15, -0.1) is 0 Å². The van der Waals surface area contributed by atoms with E-state index in [2.05, 4.69) is 0 Å². The number of carbonyl (C=O) groups is 1. The number of carbonyl (C=O) groups excluding carboxylic acids is 1. The van der Waals surface area contributed by atoms with Crippen LogP contribution in [0.3, 0.4) is 0 Å². The standard InChI is InChI=1S/C29H22FNO/c30-29(25(23-14-6-2-7-15-23)21-20-22-12-4-1-5-13-22)26-18-10-11-19-27(26)31(28(29)32)24-16-8-3-9-17-24/h1-21,25H/b21-20+. The monoisotopic (exact) mass is 419 g/mol. The molecule has 2 atom stereocenters. The van der Waals surface area contributed by atoms with Gasteiger partial charge in [-0.3, -0.25) is 9.69 Å². The van der Waals surface area contributed by atoms with E-state index in [4.69, 9.17) is 0 Å². The van der Waals surface area contributed by atoms with Gasteiger partial charge in [0.2, 0.25) is 5.67 Å². The van der Waals surface area contributed by atoms with Crippen LogP contribution in [-0.4, -0.2) is 5.91 Å². The van der Waals surface area contributed by atoms with Gasteiger partial charge in [0.05, 0.1) is 11.6 Å². The zero-order chi connectivity index (χ0) is 22.0. The van der Waals surface area contributed by atoms with Gasteiger partial charge in [0.1, 0.15) is 0 Å². The first kappa shape index (κ1) is 20.0. The maximum absolute atomic E-state index is 17.2. The van der Waals surface area contributed by atoms with Gasteiger partial charge in [0.15, 0.2) is 0 Å². The van der Waals surface area contributed by atoms with Crippen molar-refractivity contribution >= 4 is 23.4 Å². The minimum atomic E-state index is -2.24. The molecule has 0 bridgehead atoms. The Hall–Kier alpha value is -3.98. The molecule has 1 amide bonds. The van der Waals surface area contributed by atoms with Crippen LogP contribution in [0.1, 0.15) is 22.6 Å². The van der Waals surface area contributed by atoms with Crippen LogP contribution in [0.15, 0.2) is 121 Å². The van der Waals surface area contributed by atoms with Crippen LogP contribution in [0, 0.1) is 0 Å². The van der Waals surface area contributed by atoms with Gasteiger partial charge in [-0.25, -0.2) is 4.39 Å². The molecule has 2 unspecified atom stereocenters. The van der Waals surface area contributed by atoms with E-state index in [-0.39, 0.29) is 0 Å². The molecule has 1 heterocycles. The molecular weight excluding hydrogens is 397 g/mol. The second-order valence-corrected chi connectivity index (χ2v) is 7.86. The fourth-order valence-corrected chi connectivity index (χ4v) is 4.40. The molecule has 1 aliphatic heterocycles. The third kappa shape index (κ3) is 3.32. The Morgan fingerprint density at radius 1 is 0.719 bits per heavy atom. The van der Waals surface area contributed by atoms with Crippen LogP contribution in [0.4, 0.5) is 15.8 Å². The number of anilines is 2. The van der Waals surface area contributed by atoms with Crippen molar-refractivity contribution in [3.8, 4) is 0 Å². The molecule has 0 aliphatic carbocycles. The van der Waals surface area contributed by atoms with Crippen molar-refractivity contribution in [2.75, 3.05) is 4.90 Å². The first-order valence-corrected chi connectivity index (χ1v) is 10.7. The Morgan fingerprint density at radius 3 is 1.97 bits per heavy atom. The quantitative estimate of drug-likeness (QED) is 0.340. The van der Waals surface area contributed by atoms with E-state index < -0.39 is 17.5 Å². The Kier molecular flexibility index (Phi) is 5.16. The molecule has 0 aromatic heterocycles. The average Bonchev–Trinajstić information content (AvgIpc) is 3.08. The molecule has 4 aromatic rings. The van der Waals surface area contributed by atoms with E-state index in [0.29, 0.717) is 16.9 Å². The van der Waals surface area contributed by atoms with E-state index in [0.717, 1.165) is 11.1 Å². The zero-order valence-electron chi connectivity index (χ0n) is 17.4. The summed E-state index contributed by atoms with van der Waals surface area (Å²) in [7, 11) is 0. The highest BCUT2D eigenvalue weighted by Gasteiger charge is 2.56. The summed E-state index contributed by atoms with van der Waals surface area (Å²) in [4.78, 5) is 15.3. The molecule has 32 heavy (non-hydrogen) atoms. The van der Waals surface area contributed by atoms with E-state index in [1.165, 1.54) is 4.90 Å². The summed E-state index contributed by atoms with van der Waals surface area (Å²) in [6.45, 7) is 0. The third-order valence-corrected chi connectivity index (χ3v) is 5.93. The number of benzene rings is 4. The summed E-state index contributed by atoms with van der Waals surface area (Å²) >= 11 is 0. The molecule has 156 valence electrons. The summed E-state index contributed by atoms with van der Waals surface area (Å²) in [5, 5.41) is 0. The van der Waals surface area contributed by atoms with Crippen LogP contribution >= 0.6 is 0 Å². The van der Waals surface area contributed by atoms with Crippen molar-refractivity contribution in [3.05, 3.63) is 138 Å². The SMILES string of the molecule is O=C1N(c2ccccc2)c2ccccc2C1(F)C(/C=C/c1ccccc1)c1ccccc1. The maximum atomic E-state index is 17.2. The molecule has 0 saturated carbocycles. The number of allylic oxidation sites excluding steroid dienone is 1. The van der Waals surface area contributed by atoms with Gasteiger partial charge in [-0.2, -0.15) is 0 Å². The van der Waals surface area contributed by atoms with E-state index in [1.807, 2.05) is 115 Å². The van der Waals surface area contributed by atoms with Crippen molar-refractivity contribution in [2.24, 2.45) is 0 Å². The molecule has 1 aliphatic rings. The normalized spacial score (nSPS) is 18.7. The molecule has 3 heteroatoms. The summed E-state index contributed by atoms with van der Waals surface area (Å²) < 4.78 is 17.2. The Labute approximate surface area is 187 Å². The number of hydrogen-bond donors (Lipinski definition) is 0. The van der Waals surface area contributed by atoms with Crippen LogP contribution in [-0.2, 0) is 10.5 Å². The number of hydrogen-bond acceptors (Lipinski definition) is 1. The topological polar surface area (TPSA) is 20.3 Å². The minimum Gasteiger partial charge on any atom is -0.278 e. The summed E-state index contributed by atoms with van der Waals surface area (Å²) in [6.07, 6.45) is 3.70. The number of para-hydroxylation sites is 2. The fourth-order valence-electron chi connectivity index (χ4n) is 4.40. The van der Waals surface area contributed by atoms with Gasteiger partial charge < -0.3 is 0 Å². The lowest BCUT2D eigenvalue weighted by Gasteiger charge is -2.28. The summed E-state index contributed by atoms with van der Waals surface area (Å²) in [6, 6.07) is 35.6. The van der Waals surface area contributed by atoms with Crippen LogP contribution in [0.5, 0.6) is 0 Å². The summed E-state index contributed by atoms with van der Waals surface area (Å²) in [5.74, 6) is -1.36. The second-order valence-electron chi connectivity index (χ2n) is 7.86. The lowest BCUT2D eigenvalue weighted by molar-refractivity contribution is -0.129. The van der Waals surface area contributed by atoms with Gasteiger partial charge in [-0.1, -0.05) is 109 Å². The van der Waals surface area contributed by atoms with Crippen molar-refractivity contribution in [2.45, 2.75) is 11.6 Å². The number of rotatable bonds is 5. The average molecular weight is 419 g/mol. The fraction of sp³-hybridized carbons (Fsp3) is 0.0690. The van der Waals surface area contributed by atoms with E-state index in [9.17, 15) is 4.79 Å². The smallest absolute Gasteiger partial charge is 0.274 e. The number of alkyl halides is 1. The van der Waals surface area contributed by atoms with Gasteiger partial charge in [0, 0.05) is 11.3 Å². The first-order chi connectivity index (χ1) is 15.7. The summed E-state index contributed by atoms with van der Waals surface area (Å²) in [5.41, 5.74) is 1.10. The van der Waals surface area contributed by atoms with Crippen LogP contribution in [0.25, 0.3) is 6.08 Å². The largest absolute Gasteiger partial charge is 0.278 e. The lowest BCUT2D eigenvalue weighted by Crippen LogP contribution is -2.39. The van der Waals surface area contributed by atoms with Crippen LogP contribution in [0.2, 0.25) is 0 Å². The van der Waals surface area contributed by atoms with E-state index in [1.54, 1.807) is 12.1 Å². The number of halogens is 1. The molecule has 0 spiro atoms. The highest BCUT2D eigenvalue weighted by atomic mass is 19.1. The Balaban J connectivity index is 1.68. The highest BCUT2D eigenvalue weighted by molar-refractivity contribution is 6.12. The van der Waals surface area contributed by atoms with Crippen molar-refractivity contribution in [1.82, 2.24) is 0 Å². The number of amides is 1. The molecule has 0 N–H and O–H groups in total. The van der Waals surface area contributed by atoms with Crippen LogP contribution < -0.4 is 4.90 Å². The zero-order valence-corrected chi connectivity index (χ0v) is 17.4. The second kappa shape index (κ2) is 8.27. The molecule has 5 rings (SSSR count). The van der Waals surface area contributed by atoms with Gasteiger partial charge >= 0.3 is 0 Å². The van der Waals surface area contributed by atoms with Gasteiger partial charge in [-0.05, 0) is 29.3 Å². The lowest BCUT2D eigenvalue weighted by atomic mass is 9.79. The van der Waals surface area contributed by atoms with Crippen molar-refractivity contribution in [3.63, 3.8) is 0 Å². The molecule has 0 radical (unpaired) electrons. The molecule has 2 nitrogen and oxygen atoms in total.